The van der Waals surface area contributed by atoms with E-state index in [1.165, 1.54) is 35.8 Å². The molecule has 0 aliphatic heterocycles. The van der Waals surface area contributed by atoms with Crippen LogP contribution in [0.1, 0.15) is 20.8 Å². The Bertz CT molecular complexity index is 1070. The molecule has 0 atom stereocenters. The van der Waals surface area contributed by atoms with E-state index in [9.17, 15) is 14.0 Å². The third kappa shape index (κ3) is 3.26. The van der Waals surface area contributed by atoms with Gasteiger partial charge in [0, 0.05) is 12.4 Å². The van der Waals surface area contributed by atoms with E-state index in [0.29, 0.717) is 21.7 Å². The molecular weight excluding hydrogens is 359 g/mol. The third-order valence-corrected chi connectivity index (χ3v) is 4.29. The van der Waals surface area contributed by atoms with Crippen molar-refractivity contribution in [2.24, 2.45) is 0 Å². The number of H-pyrrole nitrogens is 2. The van der Waals surface area contributed by atoms with Gasteiger partial charge in [0.25, 0.3) is 5.56 Å². The number of anilines is 1. The standard InChI is InChI=1S/C17H19FN4O3S/c1-17(2,3)25-16(24)22(4)10-7-8(18)6-9-11-13(19-12(9)10)20-15(26-5)21-14(11)23/h6-7H,1-5H3,(H2,19,20,21,23). The number of fused-ring (bicyclic) bond motifs is 3. The number of thioether (sulfide) groups is 1. The van der Waals surface area contributed by atoms with Crippen molar-refractivity contribution < 1.29 is 13.9 Å². The van der Waals surface area contributed by atoms with Crippen LogP contribution in [0.25, 0.3) is 21.9 Å². The molecule has 1 amide bonds. The number of aromatic nitrogens is 3. The molecule has 7 nitrogen and oxygen atoms in total. The molecule has 2 aromatic heterocycles. The summed E-state index contributed by atoms with van der Waals surface area (Å²) in [5.41, 5.74) is -0.0348. The summed E-state index contributed by atoms with van der Waals surface area (Å²) in [4.78, 5) is 36.0. The number of nitrogens with one attached hydrogen (secondary N) is 2. The van der Waals surface area contributed by atoms with E-state index < -0.39 is 17.5 Å². The Hall–Kier alpha value is -2.55. The quantitative estimate of drug-likeness (QED) is 0.525. The monoisotopic (exact) mass is 378 g/mol. The molecular formula is C17H19FN4O3S. The van der Waals surface area contributed by atoms with Crippen molar-refractivity contribution in [1.29, 1.82) is 0 Å². The maximum Gasteiger partial charge on any atom is 0.414 e. The van der Waals surface area contributed by atoms with E-state index in [2.05, 4.69) is 15.0 Å². The fourth-order valence-electron chi connectivity index (χ4n) is 2.62. The highest BCUT2D eigenvalue weighted by molar-refractivity contribution is 7.98. The van der Waals surface area contributed by atoms with Gasteiger partial charge in [0.1, 0.15) is 17.1 Å². The average molecular weight is 378 g/mol. The first-order chi connectivity index (χ1) is 12.1. The zero-order valence-corrected chi connectivity index (χ0v) is 15.9. The van der Waals surface area contributed by atoms with Crippen LogP contribution in [0.4, 0.5) is 14.9 Å². The lowest BCUT2D eigenvalue weighted by Crippen LogP contribution is -2.34. The molecule has 0 saturated heterocycles. The number of hydrogen-bond donors (Lipinski definition) is 2. The van der Waals surface area contributed by atoms with Crippen molar-refractivity contribution >= 4 is 45.5 Å². The number of halogens is 1. The molecule has 3 rings (SSSR count). The first-order valence-corrected chi connectivity index (χ1v) is 9.09. The number of hydrogen-bond acceptors (Lipinski definition) is 5. The minimum atomic E-state index is -0.690. The van der Waals surface area contributed by atoms with Crippen LogP contribution >= 0.6 is 11.8 Å². The lowest BCUT2D eigenvalue weighted by Gasteiger charge is -2.25. The molecule has 2 N–H and O–H groups in total. The zero-order valence-electron chi connectivity index (χ0n) is 15.1. The molecule has 3 aromatic rings. The topological polar surface area (TPSA) is 91.1 Å². The number of aromatic amines is 2. The second-order valence-electron chi connectivity index (χ2n) is 6.81. The highest BCUT2D eigenvalue weighted by Gasteiger charge is 2.24. The number of ether oxygens (including phenoxy) is 1. The Kier molecular flexibility index (Phi) is 4.43. The predicted molar refractivity (Wildman–Crippen MR) is 101 cm³/mol. The lowest BCUT2D eigenvalue weighted by molar-refractivity contribution is 0.0589. The number of rotatable bonds is 2. The van der Waals surface area contributed by atoms with Crippen molar-refractivity contribution in [2.45, 2.75) is 31.5 Å². The number of carbonyl (C=O) groups excluding carboxylic acids is 1. The van der Waals surface area contributed by atoms with E-state index in [1.54, 1.807) is 27.0 Å². The van der Waals surface area contributed by atoms with Gasteiger partial charge < -0.3 is 14.7 Å². The molecule has 0 bridgehead atoms. The van der Waals surface area contributed by atoms with Crippen molar-refractivity contribution in [3.8, 4) is 0 Å². The summed E-state index contributed by atoms with van der Waals surface area (Å²) >= 11 is 1.29. The average Bonchev–Trinajstić information content (AvgIpc) is 2.90. The second-order valence-corrected chi connectivity index (χ2v) is 7.61. The summed E-state index contributed by atoms with van der Waals surface area (Å²) in [5, 5.41) is 1.04. The molecule has 1 aromatic carbocycles. The van der Waals surface area contributed by atoms with Gasteiger partial charge in [-0.2, -0.15) is 0 Å². The first-order valence-electron chi connectivity index (χ1n) is 7.86. The SMILES string of the molecule is CSc1nc2[nH]c3c(N(C)C(=O)OC(C)(C)C)cc(F)cc3c2c(=O)[nH]1. The second kappa shape index (κ2) is 6.31. The van der Waals surface area contributed by atoms with Crippen LogP contribution in [0.15, 0.2) is 22.1 Å². The van der Waals surface area contributed by atoms with Gasteiger partial charge in [0.05, 0.1) is 16.6 Å². The van der Waals surface area contributed by atoms with E-state index in [1.807, 2.05) is 0 Å². The highest BCUT2D eigenvalue weighted by atomic mass is 32.2. The van der Waals surface area contributed by atoms with Gasteiger partial charge in [-0.15, -0.1) is 0 Å². The molecule has 0 spiro atoms. The Balaban J connectivity index is 2.23. The van der Waals surface area contributed by atoms with E-state index in [0.717, 1.165) is 0 Å². The van der Waals surface area contributed by atoms with Crippen LogP contribution in [-0.2, 0) is 4.74 Å². The van der Waals surface area contributed by atoms with E-state index in [4.69, 9.17) is 4.74 Å². The summed E-state index contributed by atoms with van der Waals surface area (Å²) < 4.78 is 19.6. The fourth-order valence-corrected chi connectivity index (χ4v) is 3.00. The van der Waals surface area contributed by atoms with Gasteiger partial charge >= 0.3 is 6.09 Å². The van der Waals surface area contributed by atoms with Crippen molar-refractivity contribution in [3.05, 3.63) is 28.3 Å². The molecule has 0 aliphatic carbocycles. The molecule has 0 fully saturated rings. The number of carbonyl (C=O) groups is 1. The summed E-state index contributed by atoms with van der Waals surface area (Å²) in [6, 6.07) is 2.46. The molecule has 0 aliphatic rings. The van der Waals surface area contributed by atoms with E-state index >= 15 is 0 Å². The molecule has 9 heteroatoms. The van der Waals surface area contributed by atoms with Gasteiger partial charge in [0.2, 0.25) is 0 Å². The zero-order chi connectivity index (χ0) is 19.2. The number of benzene rings is 1. The highest BCUT2D eigenvalue weighted by Crippen LogP contribution is 2.32. The van der Waals surface area contributed by atoms with Crippen molar-refractivity contribution in [2.75, 3.05) is 18.2 Å². The summed E-state index contributed by atoms with van der Waals surface area (Å²) in [6.45, 7) is 5.24. The van der Waals surface area contributed by atoms with E-state index in [-0.39, 0.29) is 16.6 Å². The first kappa shape index (κ1) is 18.2. The van der Waals surface area contributed by atoms with Gasteiger partial charge in [-0.25, -0.2) is 14.2 Å². The van der Waals surface area contributed by atoms with Crippen LogP contribution in [0.5, 0.6) is 0 Å². The van der Waals surface area contributed by atoms with Crippen molar-refractivity contribution in [3.63, 3.8) is 0 Å². The van der Waals surface area contributed by atoms with Crippen LogP contribution in [0.2, 0.25) is 0 Å². The summed E-state index contributed by atoms with van der Waals surface area (Å²) in [5.74, 6) is -0.572. The molecule has 0 radical (unpaired) electrons. The molecule has 0 unspecified atom stereocenters. The minimum Gasteiger partial charge on any atom is -0.443 e. The number of nitrogens with zero attached hydrogens (tertiary/aromatic N) is 2. The minimum absolute atomic E-state index is 0.246. The number of amides is 1. The molecule has 2 heterocycles. The summed E-state index contributed by atoms with van der Waals surface area (Å²) in [6.07, 6.45) is 1.16. The van der Waals surface area contributed by atoms with Gasteiger partial charge in [-0.1, -0.05) is 11.8 Å². The van der Waals surface area contributed by atoms with Gasteiger partial charge in [-0.3, -0.25) is 9.69 Å². The Morgan fingerprint density at radius 3 is 2.62 bits per heavy atom. The Morgan fingerprint density at radius 1 is 1.31 bits per heavy atom. The third-order valence-electron chi connectivity index (χ3n) is 3.71. The van der Waals surface area contributed by atoms with Crippen molar-refractivity contribution in [1.82, 2.24) is 15.0 Å². The smallest absolute Gasteiger partial charge is 0.414 e. The maximum atomic E-state index is 14.2. The summed E-state index contributed by atoms with van der Waals surface area (Å²) in [7, 11) is 1.48. The van der Waals surface area contributed by atoms with Gasteiger partial charge in [0.15, 0.2) is 5.16 Å². The van der Waals surface area contributed by atoms with Crippen LogP contribution < -0.4 is 10.5 Å². The lowest BCUT2D eigenvalue weighted by atomic mass is 10.1. The predicted octanol–water partition coefficient (Wildman–Crippen LogP) is 3.64. The molecule has 26 heavy (non-hydrogen) atoms. The Labute approximate surface area is 152 Å². The molecule has 138 valence electrons. The van der Waals surface area contributed by atoms with Crippen LogP contribution in [0, 0.1) is 5.82 Å². The molecule has 0 saturated carbocycles. The fraction of sp³-hybridized carbons (Fsp3) is 0.353. The maximum absolute atomic E-state index is 14.2. The van der Waals surface area contributed by atoms with Crippen LogP contribution in [-0.4, -0.2) is 39.9 Å². The van der Waals surface area contributed by atoms with Crippen LogP contribution in [0.3, 0.4) is 0 Å². The largest absolute Gasteiger partial charge is 0.443 e. The normalized spacial score (nSPS) is 11.9. The van der Waals surface area contributed by atoms with Gasteiger partial charge in [-0.05, 0) is 39.2 Å². The Morgan fingerprint density at radius 2 is 2.00 bits per heavy atom.